The number of nitrogens with zero attached hydrogens (tertiary/aromatic N) is 4. The fraction of sp³-hybridized carbons (Fsp3) is 0.0385. The van der Waals surface area contributed by atoms with Gasteiger partial charge in [-0.15, -0.1) is 11.3 Å². The van der Waals surface area contributed by atoms with Crippen molar-refractivity contribution in [3.05, 3.63) is 155 Å². The molecule has 1 unspecified atom stereocenters. The molecule has 10 aromatic rings. The summed E-state index contributed by atoms with van der Waals surface area (Å²) < 4.78 is 5.60. The van der Waals surface area contributed by atoms with Gasteiger partial charge in [0.25, 0.3) is 0 Å². The van der Waals surface area contributed by atoms with Crippen molar-refractivity contribution in [3.8, 4) is 33.9 Å². The van der Waals surface area contributed by atoms with Crippen LogP contribution in [0.5, 0.6) is 0 Å². The highest BCUT2D eigenvalue weighted by Crippen LogP contribution is 2.48. The number of allylic oxidation sites excluding steroid dienone is 5. The molecule has 0 saturated heterocycles. The molecule has 4 aromatic heterocycles. The van der Waals surface area contributed by atoms with Gasteiger partial charge in [0.05, 0.1) is 34.2 Å². The topological polar surface area (TPSA) is 35.6 Å². The molecule has 0 aliphatic heterocycles. The molecule has 4 heterocycles. The number of rotatable bonds is 5. The monoisotopic (exact) mass is 804 g/mol. The first-order chi connectivity index (χ1) is 30.7. The van der Waals surface area contributed by atoms with E-state index in [2.05, 4.69) is 81.3 Å². The zero-order chi connectivity index (χ0) is 42.7. The van der Waals surface area contributed by atoms with Gasteiger partial charge in [0.1, 0.15) is 47.1 Å². The lowest BCUT2D eigenvalue weighted by molar-refractivity contribution is 0.639. The lowest BCUT2D eigenvalue weighted by atomic mass is 9.74. The second-order valence-electron chi connectivity index (χ2n) is 16.1. The summed E-state index contributed by atoms with van der Waals surface area (Å²) in [6.45, 7) is 0. The Labute approximate surface area is 375 Å². The quantitative estimate of drug-likeness (QED) is 0.149. The van der Waals surface area contributed by atoms with E-state index < -0.39 is 0 Å². The van der Waals surface area contributed by atoms with Crippen molar-refractivity contribution in [2.24, 2.45) is 0 Å². The van der Waals surface area contributed by atoms with Gasteiger partial charge in [-0.1, -0.05) is 153 Å². The summed E-state index contributed by atoms with van der Waals surface area (Å²) >= 11 is 1.76. The van der Waals surface area contributed by atoms with Crippen LogP contribution >= 0.6 is 11.3 Å². The normalized spacial score (nSPS) is 14.5. The number of hydrogen-bond acceptors (Lipinski definition) is 3. The average Bonchev–Trinajstić information content (AvgIpc) is 3.97. The van der Waals surface area contributed by atoms with Gasteiger partial charge in [0.15, 0.2) is 5.82 Å². The predicted octanol–water partition coefficient (Wildman–Crippen LogP) is 6.40. The average molecular weight is 804 g/mol. The van der Waals surface area contributed by atoms with Gasteiger partial charge in [-0.2, -0.15) is 0 Å². The molecule has 11 heteroatoms. The van der Waals surface area contributed by atoms with Gasteiger partial charge in [0, 0.05) is 70.3 Å². The lowest BCUT2D eigenvalue weighted by Gasteiger charge is -2.25. The molecule has 12 radical (unpaired) electrons. The Bertz CT molecular complexity index is 3750. The Hall–Kier alpha value is -6.87. The maximum absolute atomic E-state index is 7.23. The largest absolute Gasteiger partial charge is 0.331 e. The molecule has 278 valence electrons. The first kappa shape index (κ1) is 37.9. The van der Waals surface area contributed by atoms with Crippen LogP contribution < -0.4 is 32.8 Å². The predicted molar refractivity (Wildman–Crippen MR) is 271 cm³/mol. The summed E-state index contributed by atoms with van der Waals surface area (Å²) in [5.41, 5.74) is 18.9. The molecule has 2 aliphatic rings. The van der Waals surface area contributed by atoms with Gasteiger partial charge in [-0.05, 0) is 36.3 Å². The number of aromatic nitrogens is 4. The van der Waals surface area contributed by atoms with Crippen LogP contribution in [0, 0.1) is 0 Å². The molecule has 4 nitrogen and oxygen atoms in total. The minimum Gasteiger partial charge on any atom is -0.331 e. The number of thiophene rings is 1. The Morgan fingerprint density at radius 2 is 1.25 bits per heavy atom. The zero-order valence-electron chi connectivity index (χ0n) is 33.7. The molecule has 0 fully saturated rings. The molecule has 0 saturated carbocycles. The summed E-state index contributed by atoms with van der Waals surface area (Å²) in [6, 6.07) is 36.2. The van der Waals surface area contributed by atoms with Crippen molar-refractivity contribution < 1.29 is 0 Å². The van der Waals surface area contributed by atoms with Crippen LogP contribution in [0.2, 0.25) is 0 Å². The minimum absolute atomic E-state index is 0.228. The van der Waals surface area contributed by atoms with Gasteiger partial charge in [-0.3, -0.25) is 0 Å². The highest BCUT2D eigenvalue weighted by atomic mass is 32.1. The summed E-state index contributed by atoms with van der Waals surface area (Å²) in [5.74, 6) is 0.650. The molecule has 0 bridgehead atoms. The Morgan fingerprint density at radius 1 is 0.619 bits per heavy atom. The van der Waals surface area contributed by atoms with Gasteiger partial charge < -0.3 is 9.13 Å². The van der Waals surface area contributed by atoms with E-state index in [1.807, 2.05) is 72.8 Å². The van der Waals surface area contributed by atoms with Crippen molar-refractivity contribution in [2.75, 3.05) is 0 Å². The van der Waals surface area contributed by atoms with Crippen molar-refractivity contribution in [1.29, 1.82) is 0 Å². The van der Waals surface area contributed by atoms with E-state index in [0.29, 0.717) is 45.0 Å². The minimum atomic E-state index is -0.228. The van der Waals surface area contributed by atoms with Gasteiger partial charge >= 0.3 is 0 Å². The maximum atomic E-state index is 7.23. The number of fused-ring (bicyclic) bond motifs is 10. The van der Waals surface area contributed by atoms with E-state index in [0.717, 1.165) is 97.9 Å². The highest BCUT2D eigenvalue weighted by molar-refractivity contribution is 7.19. The molecule has 12 rings (SSSR count). The molecular formula is C52H26B6N4S. The van der Waals surface area contributed by atoms with E-state index in [9.17, 15) is 0 Å². The highest BCUT2D eigenvalue weighted by Gasteiger charge is 2.32. The fourth-order valence-electron chi connectivity index (χ4n) is 9.81. The summed E-state index contributed by atoms with van der Waals surface area (Å²) in [6.07, 6.45) is 10.9. The molecule has 1 atom stereocenters. The van der Waals surface area contributed by atoms with E-state index in [4.69, 9.17) is 57.0 Å². The van der Waals surface area contributed by atoms with Crippen LogP contribution in [0.3, 0.4) is 0 Å². The maximum Gasteiger partial charge on any atom is 0.161 e. The van der Waals surface area contributed by atoms with E-state index >= 15 is 0 Å². The fourth-order valence-corrected chi connectivity index (χ4v) is 11.1. The molecular weight excluding hydrogens is 778 g/mol. The second kappa shape index (κ2) is 14.3. The molecule has 0 amide bonds. The van der Waals surface area contributed by atoms with Crippen molar-refractivity contribution in [2.45, 2.75) is 12.5 Å². The van der Waals surface area contributed by atoms with Crippen LogP contribution in [-0.4, -0.2) is 66.2 Å². The van der Waals surface area contributed by atoms with Crippen LogP contribution in [0.4, 0.5) is 0 Å². The molecule has 2 aliphatic carbocycles. The van der Waals surface area contributed by atoms with Gasteiger partial charge in [0.2, 0.25) is 0 Å². The first-order valence-electron chi connectivity index (χ1n) is 20.6. The zero-order valence-corrected chi connectivity index (χ0v) is 34.5. The smallest absolute Gasteiger partial charge is 0.161 e. The van der Waals surface area contributed by atoms with Gasteiger partial charge in [-0.25, -0.2) is 9.97 Å². The third-order valence-electron chi connectivity index (χ3n) is 12.4. The molecule has 63 heavy (non-hydrogen) atoms. The van der Waals surface area contributed by atoms with Crippen molar-refractivity contribution in [1.82, 2.24) is 19.1 Å². The lowest BCUT2D eigenvalue weighted by Crippen LogP contribution is -2.27. The van der Waals surface area contributed by atoms with E-state index in [-0.39, 0.29) is 6.04 Å². The van der Waals surface area contributed by atoms with Crippen LogP contribution in [0.25, 0.3) is 99.4 Å². The number of benzene rings is 6. The SMILES string of the molecule is [B]c1cc([B])c2c(c1)c1c([B])c([B])c3c4cc([B])cc([B])c4n(C4CC=Cc5c4sc4cccc(-c6nc(-c7ccccc7)cc(-c7ccccc7)n6)c54)c3c1n2C1=CC=C=C=C1. The summed E-state index contributed by atoms with van der Waals surface area (Å²) in [5, 5.41) is 4.18. The molecule has 0 spiro atoms. The Kier molecular flexibility index (Phi) is 8.62. The van der Waals surface area contributed by atoms with E-state index in [1.54, 1.807) is 17.4 Å². The van der Waals surface area contributed by atoms with Crippen LogP contribution in [-0.2, 0) is 0 Å². The van der Waals surface area contributed by atoms with Crippen molar-refractivity contribution >= 4 is 157 Å². The van der Waals surface area contributed by atoms with Crippen LogP contribution in [0.1, 0.15) is 22.9 Å². The summed E-state index contributed by atoms with van der Waals surface area (Å²) in [7, 11) is 41.5. The van der Waals surface area contributed by atoms with Crippen LogP contribution in [0.15, 0.2) is 145 Å². The Balaban J connectivity index is 1.18. The second-order valence-corrected chi connectivity index (χ2v) is 17.2. The number of hydrogen-bond donors (Lipinski definition) is 0. The van der Waals surface area contributed by atoms with E-state index in [1.165, 1.54) is 0 Å². The Morgan fingerprint density at radius 3 is 1.90 bits per heavy atom. The summed E-state index contributed by atoms with van der Waals surface area (Å²) in [4.78, 5) is 11.7. The molecule has 0 N–H and O–H groups in total. The first-order valence-corrected chi connectivity index (χ1v) is 21.4. The standard InChI is InChI=1S/C52H26B6N4S/c53-29-22-34-43-45(57)46(58)44-35-23-30(54)25-37(56)48(35)62(50(44)49(43)61(47(34)36(55)24-29)31-16-8-3-9-17-31)40-20-10-18-32-42-33(19-11-21-41(42)63-51(32)40)52-59-38(27-12-4-1-5-13-27)26-39(60-52)28-14-6-2-7-15-28/h1-2,4-8,10-19,21-26,40H,20H2. The van der Waals surface area contributed by atoms with Crippen molar-refractivity contribution in [3.63, 3.8) is 0 Å². The molecule has 6 aromatic carbocycles. The third kappa shape index (κ3) is 5.71. The third-order valence-corrected chi connectivity index (χ3v) is 13.6.